The van der Waals surface area contributed by atoms with Gasteiger partial charge in [-0.15, -0.1) is 0 Å². The van der Waals surface area contributed by atoms with E-state index in [1.165, 1.54) is 44.9 Å². The highest BCUT2D eigenvalue weighted by Crippen LogP contribution is 2.15. The molecule has 42 valence electrons. The summed E-state index contributed by atoms with van der Waals surface area (Å²) in [6, 6.07) is 0. The van der Waals surface area contributed by atoms with E-state index in [1.54, 1.807) is 0 Å². The van der Waals surface area contributed by atoms with Gasteiger partial charge in [-0.25, -0.2) is 0 Å². The summed E-state index contributed by atoms with van der Waals surface area (Å²) < 4.78 is 0. The van der Waals surface area contributed by atoms with Gasteiger partial charge in [-0.3, -0.25) is 0 Å². The van der Waals surface area contributed by atoms with E-state index in [0.717, 1.165) is 0 Å². The topological polar surface area (TPSA) is 0 Å². The molecular weight excluding hydrogens is 84.1 g/mol. The summed E-state index contributed by atoms with van der Waals surface area (Å²) in [5, 5.41) is 0. The molecule has 0 N–H and O–H groups in total. The second-order valence-electron chi connectivity index (χ2n) is 2.47. The van der Waals surface area contributed by atoms with E-state index < -0.39 is 0 Å². The maximum atomic E-state index is 1.50. The Hall–Kier alpha value is 0. The van der Waals surface area contributed by atoms with Crippen molar-refractivity contribution in [2.75, 3.05) is 0 Å². The highest BCUT2D eigenvalue weighted by Gasteiger charge is 1.95. The Kier molecular flexibility index (Phi) is 2.25. The molecule has 0 bridgehead atoms. The number of rotatable bonds is 0. The molecule has 0 unspecified atom stereocenters. The summed E-state index contributed by atoms with van der Waals surface area (Å²) in [7, 11) is 0. The van der Waals surface area contributed by atoms with Gasteiger partial charge in [-0.1, -0.05) is 44.9 Å². The van der Waals surface area contributed by atoms with Crippen LogP contribution in [-0.2, 0) is 0 Å². The maximum absolute atomic E-state index is 1.50. The molecule has 0 nitrogen and oxygen atoms in total. The van der Waals surface area contributed by atoms with E-state index in [4.69, 9.17) is 0 Å². The van der Waals surface area contributed by atoms with Crippen LogP contribution >= 0.6 is 0 Å². The first-order valence-electron chi connectivity index (χ1n) is 3.50. The molecule has 0 aromatic rings. The molecule has 0 radical (unpaired) electrons. The fourth-order valence-corrected chi connectivity index (χ4v) is 0.250. The standard InChI is InChI=1S/C4H8.C3H6/c1-2-4-3-1;1-2-3-1/h1-4H2;1-3H2. The van der Waals surface area contributed by atoms with Crippen LogP contribution in [0, 0.1) is 0 Å². The van der Waals surface area contributed by atoms with Crippen molar-refractivity contribution in [1.82, 2.24) is 0 Å². The van der Waals surface area contributed by atoms with E-state index in [2.05, 4.69) is 0 Å². The normalized spacial score (nSPS) is 24.0. The summed E-state index contributed by atoms with van der Waals surface area (Å²) in [5.74, 6) is 0. The van der Waals surface area contributed by atoms with Gasteiger partial charge in [-0.2, -0.15) is 0 Å². The van der Waals surface area contributed by atoms with E-state index in [-0.39, 0.29) is 0 Å². The predicted molar refractivity (Wildman–Crippen MR) is 32.3 cm³/mol. The van der Waals surface area contributed by atoms with Gasteiger partial charge in [0.2, 0.25) is 0 Å². The summed E-state index contributed by atoms with van der Waals surface area (Å²) >= 11 is 0. The van der Waals surface area contributed by atoms with Crippen LogP contribution in [0.3, 0.4) is 0 Å². The molecule has 0 aliphatic heterocycles. The van der Waals surface area contributed by atoms with Gasteiger partial charge < -0.3 is 0 Å². The molecule has 2 fully saturated rings. The first-order valence-corrected chi connectivity index (χ1v) is 3.50. The van der Waals surface area contributed by atoms with Gasteiger partial charge in [0.15, 0.2) is 0 Å². The molecule has 0 spiro atoms. The van der Waals surface area contributed by atoms with Crippen molar-refractivity contribution in [1.29, 1.82) is 0 Å². The van der Waals surface area contributed by atoms with Crippen LogP contribution < -0.4 is 0 Å². The third-order valence-electron chi connectivity index (χ3n) is 1.35. The zero-order valence-corrected chi connectivity index (χ0v) is 4.95. The third-order valence-corrected chi connectivity index (χ3v) is 1.35. The van der Waals surface area contributed by atoms with Gasteiger partial charge >= 0.3 is 0 Å². The highest BCUT2D eigenvalue weighted by molar-refractivity contribution is 4.51. The summed E-state index contributed by atoms with van der Waals surface area (Å²) in [6.45, 7) is 0. The summed E-state index contributed by atoms with van der Waals surface area (Å²) in [6.07, 6.45) is 10.5. The lowest BCUT2D eigenvalue weighted by atomic mass is 10.0. The van der Waals surface area contributed by atoms with Crippen LogP contribution in [0.15, 0.2) is 0 Å². The molecule has 0 saturated heterocycles. The molecule has 2 aliphatic rings. The molecule has 0 aromatic carbocycles. The molecule has 2 rings (SSSR count). The van der Waals surface area contributed by atoms with E-state index in [0.29, 0.717) is 0 Å². The minimum Gasteiger partial charge on any atom is -0.0533 e. The van der Waals surface area contributed by atoms with Gasteiger partial charge in [0.25, 0.3) is 0 Å². The van der Waals surface area contributed by atoms with Crippen molar-refractivity contribution in [3.63, 3.8) is 0 Å². The minimum atomic E-state index is 1.50. The molecule has 0 atom stereocenters. The first kappa shape index (κ1) is 5.14. The van der Waals surface area contributed by atoms with Crippen LogP contribution in [0.4, 0.5) is 0 Å². The second kappa shape index (κ2) is 3.06. The average molecular weight is 98.2 g/mol. The number of hydrogen-bond donors (Lipinski definition) is 0. The number of hydrogen-bond acceptors (Lipinski definition) is 0. The van der Waals surface area contributed by atoms with Crippen molar-refractivity contribution in [2.24, 2.45) is 0 Å². The van der Waals surface area contributed by atoms with Crippen molar-refractivity contribution in [3.8, 4) is 0 Å². The molecule has 0 heterocycles. The Bertz CT molecular complexity index is 26.5. The van der Waals surface area contributed by atoms with Crippen LogP contribution in [0.2, 0.25) is 0 Å². The van der Waals surface area contributed by atoms with Crippen molar-refractivity contribution >= 4 is 0 Å². The second-order valence-corrected chi connectivity index (χ2v) is 2.47. The summed E-state index contributed by atoms with van der Waals surface area (Å²) in [4.78, 5) is 0. The Morgan fingerprint density at radius 3 is 0.429 bits per heavy atom. The first-order chi connectivity index (χ1) is 3.50. The van der Waals surface area contributed by atoms with Crippen molar-refractivity contribution < 1.29 is 0 Å². The van der Waals surface area contributed by atoms with Crippen LogP contribution in [0.5, 0.6) is 0 Å². The smallest absolute Gasteiger partial charge is 0.0533 e. The fourth-order valence-electron chi connectivity index (χ4n) is 0.250. The highest BCUT2D eigenvalue weighted by atomic mass is 14.0. The fraction of sp³-hybridized carbons (Fsp3) is 1.00. The Morgan fingerprint density at radius 2 is 0.429 bits per heavy atom. The lowest BCUT2D eigenvalue weighted by Gasteiger charge is -2.05. The lowest BCUT2D eigenvalue weighted by Crippen LogP contribution is -1.85. The van der Waals surface area contributed by atoms with Gasteiger partial charge in [-0.05, 0) is 0 Å². The summed E-state index contributed by atoms with van der Waals surface area (Å²) in [5.41, 5.74) is 0. The van der Waals surface area contributed by atoms with Gasteiger partial charge in [0.05, 0.1) is 0 Å². The molecular formula is C7H14. The van der Waals surface area contributed by atoms with E-state index in [1.807, 2.05) is 0 Å². The molecule has 2 saturated carbocycles. The Labute approximate surface area is 45.9 Å². The molecule has 0 aromatic heterocycles. The predicted octanol–water partition coefficient (Wildman–Crippen LogP) is 2.73. The Balaban J connectivity index is 0.0000000729. The quantitative estimate of drug-likeness (QED) is 0.437. The zero-order valence-electron chi connectivity index (χ0n) is 4.95. The minimum absolute atomic E-state index is 1.50. The SMILES string of the molecule is C1CC1.C1CCC1. The van der Waals surface area contributed by atoms with Gasteiger partial charge in [0.1, 0.15) is 0 Å². The molecule has 2 aliphatic carbocycles. The zero-order chi connectivity index (χ0) is 4.95. The molecule has 0 amide bonds. The van der Waals surface area contributed by atoms with Gasteiger partial charge in [0, 0.05) is 0 Å². The average Bonchev–Trinajstić information content (AvgIpc) is 1.95. The van der Waals surface area contributed by atoms with Crippen LogP contribution in [0.25, 0.3) is 0 Å². The largest absolute Gasteiger partial charge is 0.0533 e. The monoisotopic (exact) mass is 98.1 g/mol. The van der Waals surface area contributed by atoms with Crippen molar-refractivity contribution in [3.05, 3.63) is 0 Å². The van der Waals surface area contributed by atoms with E-state index in [9.17, 15) is 0 Å². The van der Waals surface area contributed by atoms with Crippen LogP contribution in [-0.4, -0.2) is 0 Å². The molecule has 0 heteroatoms. The Morgan fingerprint density at radius 1 is 0.286 bits per heavy atom. The maximum Gasteiger partial charge on any atom is -0.0533 e. The third kappa shape index (κ3) is 3.84. The molecule has 7 heavy (non-hydrogen) atoms. The van der Waals surface area contributed by atoms with Crippen molar-refractivity contribution in [2.45, 2.75) is 44.9 Å². The van der Waals surface area contributed by atoms with Crippen LogP contribution in [0.1, 0.15) is 44.9 Å². The van der Waals surface area contributed by atoms with E-state index >= 15 is 0 Å². The lowest BCUT2D eigenvalue weighted by molar-refractivity contribution is 0.504.